The molecule has 3 aliphatic rings. The summed E-state index contributed by atoms with van der Waals surface area (Å²) in [6, 6.07) is 18.0. The van der Waals surface area contributed by atoms with Crippen molar-refractivity contribution in [1.82, 2.24) is 14.8 Å². The van der Waals surface area contributed by atoms with Crippen molar-refractivity contribution in [2.45, 2.75) is 37.2 Å². The first-order valence-corrected chi connectivity index (χ1v) is 12.6. The number of nitrogens with one attached hydrogen (secondary N) is 1. The largest absolute Gasteiger partial charge is 0.366 e. The lowest BCUT2D eigenvalue weighted by molar-refractivity contribution is -0.179. The number of amides is 2. The summed E-state index contributed by atoms with van der Waals surface area (Å²) in [5, 5.41) is 5.03. The van der Waals surface area contributed by atoms with Gasteiger partial charge in [0, 0.05) is 43.1 Å². The van der Waals surface area contributed by atoms with Crippen LogP contribution in [0.3, 0.4) is 0 Å². The summed E-state index contributed by atoms with van der Waals surface area (Å²) in [5.41, 5.74) is 1.55. The molecule has 0 radical (unpaired) electrons. The summed E-state index contributed by atoms with van der Waals surface area (Å²) >= 11 is 0. The Labute approximate surface area is 210 Å². The van der Waals surface area contributed by atoms with Gasteiger partial charge in [-0.3, -0.25) is 19.5 Å². The Morgan fingerprint density at radius 2 is 1.92 bits per heavy atom. The minimum absolute atomic E-state index is 0.0144. The van der Waals surface area contributed by atoms with Gasteiger partial charge in [-0.05, 0) is 42.0 Å². The number of morpholine rings is 1. The molecule has 8 nitrogen and oxygen atoms in total. The molecule has 2 amide bonds. The van der Waals surface area contributed by atoms with Gasteiger partial charge < -0.3 is 19.7 Å². The van der Waals surface area contributed by atoms with E-state index in [1.54, 1.807) is 12.4 Å². The van der Waals surface area contributed by atoms with E-state index in [-0.39, 0.29) is 11.8 Å². The zero-order valence-electron chi connectivity index (χ0n) is 20.1. The predicted molar refractivity (Wildman–Crippen MR) is 135 cm³/mol. The molecule has 3 saturated heterocycles. The minimum Gasteiger partial charge on any atom is -0.366 e. The second-order valence-electron chi connectivity index (χ2n) is 10.0. The number of carbonyl (C=O) groups is 2. The van der Waals surface area contributed by atoms with Crippen LogP contribution in [0.5, 0.6) is 0 Å². The number of pyridine rings is 1. The highest BCUT2D eigenvalue weighted by atomic mass is 16.5. The number of nitrogens with zero attached hydrogens (tertiary/aromatic N) is 3. The topological polar surface area (TPSA) is 84.0 Å². The van der Waals surface area contributed by atoms with Crippen molar-refractivity contribution < 1.29 is 19.1 Å². The number of carbonyl (C=O) groups excluding carboxylic acids is 2. The van der Waals surface area contributed by atoms with Crippen LogP contribution in [-0.4, -0.2) is 77.2 Å². The van der Waals surface area contributed by atoms with Crippen LogP contribution in [0.25, 0.3) is 10.8 Å². The van der Waals surface area contributed by atoms with E-state index >= 15 is 0 Å². The van der Waals surface area contributed by atoms with Crippen LogP contribution in [0.2, 0.25) is 0 Å². The number of benzene rings is 2. The summed E-state index contributed by atoms with van der Waals surface area (Å²) in [5.74, 6) is -0.127. The molecule has 4 heterocycles. The monoisotopic (exact) mass is 486 g/mol. The van der Waals surface area contributed by atoms with Crippen molar-refractivity contribution in [2.24, 2.45) is 0 Å². The number of likely N-dealkylation sites (tertiary alicyclic amines) is 1. The fourth-order valence-corrected chi connectivity index (χ4v) is 5.46. The number of rotatable bonds is 5. The van der Waals surface area contributed by atoms with Crippen LogP contribution in [0.4, 0.5) is 5.69 Å². The molecular weight excluding hydrogens is 456 g/mol. The third-order valence-corrected chi connectivity index (χ3v) is 7.40. The van der Waals surface area contributed by atoms with Crippen LogP contribution in [0, 0.1) is 0 Å². The van der Waals surface area contributed by atoms with Crippen molar-refractivity contribution in [2.75, 3.05) is 38.1 Å². The summed E-state index contributed by atoms with van der Waals surface area (Å²) < 4.78 is 12.0. The van der Waals surface area contributed by atoms with Gasteiger partial charge in [0.1, 0.15) is 17.8 Å². The first-order chi connectivity index (χ1) is 17.6. The van der Waals surface area contributed by atoms with E-state index < -0.39 is 17.8 Å². The van der Waals surface area contributed by atoms with E-state index in [9.17, 15) is 9.59 Å². The van der Waals surface area contributed by atoms with Crippen molar-refractivity contribution in [1.29, 1.82) is 0 Å². The Hall–Kier alpha value is -3.33. The highest BCUT2D eigenvalue weighted by molar-refractivity contribution is 5.96. The van der Waals surface area contributed by atoms with Gasteiger partial charge >= 0.3 is 0 Å². The SMILES string of the molecule is O=C(Nc1ccc2cnccc2c1)C1CCC2(CN(C(=O)C3CN(Cc4ccccc4)CCO3)C2)O1. The van der Waals surface area contributed by atoms with E-state index in [1.165, 1.54) is 5.56 Å². The number of anilines is 1. The molecule has 0 aliphatic carbocycles. The summed E-state index contributed by atoms with van der Waals surface area (Å²) in [6.45, 7) is 3.79. The number of ether oxygens (including phenoxy) is 2. The van der Waals surface area contributed by atoms with Crippen LogP contribution in [0.15, 0.2) is 67.0 Å². The Balaban J connectivity index is 1.00. The third kappa shape index (κ3) is 4.72. The average molecular weight is 487 g/mol. The molecule has 36 heavy (non-hydrogen) atoms. The van der Waals surface area contributed by atoms with Crippen molar-refractivity contribution in [3.05, 3.63) is 72.6 Å². The molecular formula is C28H30N4O4. The molecule has 3 aromatic rings. The standard InChI is InChI=1S/C28H30N4O4/c33-26(30-23-7-6-22-15-29-11-9-21(22)14-23)24-8-10-28(36-24)18-32(19-28)27(34)25-17-31(12-13-35-25)16-20-4-2-1-3-5-20/h1-7,9,11,14-15,24-25H,8,10,12-13,16-19H2,(H,30,33). The van der Waals surface area contributed by atoms with Gasteiger partial charge in [0.15, 0.2) is 0 Å². The van der Waals surface area contributed by atoms with Crippen molar-refractivity contribution in [3.63, 3.8) is 0 Å². The molecule has 0 saturated carbocycles. The summed E-state index contributed by atoms with van der Waals surface area (Å²) in [7, 11) is 0. The molecule has 0 bridgehead atoms. The van der Waals surface area contributed by atoms with E-state index in [0.29, 0.717) is 32.7 Å². The van der Waals surface area contributed by atoms with E-state index in [2.05, 4.69) is 27.3 Å². The van der Waals surface area contributed by atoms with E-state index in [4.69, 9.17) is 9.47 Å². The molecule has 1 N–H and O–H groups in total. The van der Waals surface area contributed by atoms with Crippen molar-refractivity contribution in [3.8, 4) is 0 Å². The fourth-order valence-electron chi connectivity index (χ4n) is 5.46. The molecule has 186 valence electrons. The van der Waals surface area contributed by atoms with Crippen LogP contribution >= 0.6 is 0 Å². The quantitative estimate of drug-likeness (QED) is 0.597. The molecule has 2 unspecified atom stereocenters. The maximum Gasteiger partial charge on any atom is 0.253 e. The third-order valence-electron chi connectivity index (χ3n) is 7.40. The lowest BCUT2D eigenvalue weighted by atomic mass is 9.90. The van der Waals surface area contributed by atoms with Crippen LogP contribution < -0.4 is 5.32 Å². The molecule has 3 fully saturated rings. The molecule has 2 atom stereocenters. The summed E-state index contributed by atoms with van der Waals surface area (Å²) in [6.07, 6.45) is 3.99. The Morgan fingerprint density at radius 1 is 1.06 bits per heavy atom. The predicted octanol–water partition coefficient (Wildman–Crippen LogP) is 2.83. The highest BCUT2D eigenvalue weighted by Crippen LogP contribution is 2.39. The fraction of sp³-hybridized carbons (Fsp3) is 0.393. The molecule has 1 aromatic heterocycles. The molecule has 2 aromatic carbocycles. The lowest BCUT2D eigenvalue weighted by Crippen LogP contribution is -2.66. The number of fused-ring (bicyclic) bond motifs is 1. The van der Waals surface area contributed by atoms with Gasteiger partial charge in [0.05, 0.1) is 19.7 Å². The second kappa shape index (κ2) is 9.61. The number of hydrogen-bond acceptors (Lipinski definition) is 6. The maximum absolute atomic E-state index is 13.1. The van der Waals surface area contributed by atoms with E-state index in [1.807, 2.05) is 47.4 Å². The average Bonchev–Trinajstić information content (AvgIpc) is 3.34. The van der Waals surface area contributed by atoms with Crippen LogP contribution in [0.1, 0.15) is 18.4 Å². The molecule has 8 heteroatoms. The Kier molecular flexibility index (Phi) is 6.17. The van der Waals surface area contributed by atoms with Gasteiger partial charge in [0.2, 0.25) is 0 Å². The highest BCUT2D eigenvalue weighted by Gasteiger charge is 2.53. The first-order valence-electron chi connectivity index (χ1n) is 12.6. The molecule has 1 spiro atoms. The Morgan fingerprint density at radius 3 is 2.78 bits per heavy atom. The first kappa shape index (κ1) is 23.1. The molecule has 6 rings (SSSR count). The van der Waals surface area contributed by atoms with Crippen molar-refractivity contribution >= 4 is 28.3 Å². The second-order valence-corrected chi connectivity index (χ2v) is 10.0. The van der Waals surface area contributed by atoms with Gasteiger partial charge in [-0.2, -0.15) is 0 Å². The summed E-state index contributed by atoms with van der Waals surface area (Å²) in [4.78, 5) is 34.2. The van der Waals surface area contributed by atoms with Gasteiger partial charge in [-0.15, -0.1) is 0 Å². The van der Waals surface area contributed by atoms with E-state index in [0.717, 1.165) is 36.0 Å². The smallest absolute Gasteiger partial charge is 0.253 e. The number of hydrogen-bond donors (Lipinski definition) is 1. The van der Waals surface area contributed by atoms with Gasteiger partial charge in [-0.25, -0.2) is 0 Å². The number of aromatic nitrogens is 1. The Bertz CT molecular complexity index is 1260. The zero-order chi connectivity index (χ0) is 24.5. The van der Waals surface area contributed by atoms with Gasteiger partial charge in [-0.1, -0.05) is 36.4 Å². The molecule has 3 aliphatic heterocycles. The normalized spacial score (nSPS) is 23.5. The lowest BCUT2D eigenvalue weighted by Gasteiger charge is -2.49. The van der Waals surface area contributed by atoms with Crippen LogP contribution in [-0.2, 0) is 25.6 Å². The zero-order valence-corrected chi connectivity index (χ0v) is 20.1. The minimum atomic E-state index is -0.511. The van der Waals surface area contributed by atoms with Gasteiger partial charge in [0.25, 0.3) is 11.8 Å². The maximum atomic E-state index is 13.1.